The highest BCUT2D eigenvalue weighted by Crippen LogP contribution is 2.11. The second-order valence-electron chi connectivity index (χ2n) is 6.10. The lowest BCUT2D eigenvalue weighted by Gasteiger charge is -2.21. The average molecular weight is 299 g/mol. The number of nitrogens with zero attached hydrogens (tertiary/aromatic N) is 1. The van der Waals surface area contributed by atoms with Crippen LogP contribution in [0.2, 0.25) is 0 Å². The van der Waals surface area contributed by atoms with Gasteiger partial charge in [-0.05, 0) is 25.8 Å². The minimum atomic E-state index is 0.327. The molecule has 0 saturated heterocycles. The topological polar surface area (TPSA) is 46.3 Å². The fourth-order valence-electron chi connectivity index (χ4n) is 2.66. The summed E-state index contributed by atoms with van der Waals surface area (Å²) in [6.07, 6.45) is 14.4. The highest BCUT2D eigenvalue weighted by molar-refractivity contribution is 5.76. The molecule has 0 atom stereocenters. The predicted molar refractivity (Wildman–Crippen MR) is 92.4 cm³/mol. The first-order chi connectivity index (χ1) is 10.3. The maximum Gasteiger partial charge on any atom is 0.222 e. The van der Waals surface area contributed by atoms with Crippen LogP contribution in [0.3, 0.4) is 0 Å². The highest BCUT2D eigenvalue weighted by Gasteiger charge is 2.11. The zero-order chi connectivity index (χ0) is 15.8. The molecule has 3 heteroatoms. The highest BCUT2D eigenvalue weighted by atomic mass is 16.2. The first-order valence-electron chi connectivity index (χ1n) is 9.24. The Balaban J connectivity index is 3.53. The summed E-state index contributed by atoms with van der Waals surface area (Å²) in [5, 5.41) is 0. The third-order valence-corrected chi connectivity index (χ3v) is 3.97. The molecular weight excluding hydrogens is 260 g/mol. The second-order valence-corrected chi connectivity index (χ2v) is 6.10. The third-order valence-electron chi connectivity index (χ3n) is 3.97. The van der Waals surface area contributed by atoms with E-state index in [4.69, 9.17) is 5.73 Å². The first-order valence-corrected chi connectivity index (χ1v) is 9.24. The standard InChI is InChI=1S/C18H38N2O/c1-3-5-6-7-8-9-10-11-12-14-18(21)20(16-4-2)17-13-15-19/h3-17,19H2,1-2H3. The van der Waals surface area contributed by atoms with Crippen molar-refractivity contribution < 1.29 is 4.79 Å². The van der Waals surface area contributed by atoms with Gasteiger partial charge in [-0.2, -0.15) is 0 Å². The van der Waals surface area contributed by atoms with E-state index < -0.39 is 0 Å². The van der Waals surface area contributed by atoms with E-state index in [-0.39, 0.29) is 0 Å². The van der Waals surface area contributed by atoms with E-state index in [1.165, 1.54) is 51.4 Å². The van der Waals surface area contributed by atoms with E-state index in [0.29, 0.717) is 12.5 Å². The molecular formula is C18H38N2O. The van der Waals surface area contributed by atoms with Gasteiger partial charge in [0.25, 0.3) is 0 Å². The van der Waals surface area contributed by atoms with Gasteiger partial charge in [0.2, 0.25) is 5.91 Å². The molecule has 0 aliphatic rings. The van der Waals surface area contributed by atoms with Crippen molar-refractivity contribution in [1.29, 1.82) is 0 Å². The Morgan fingerprint density at radius 1 is 0.762 bits per heavy atom. The molecule has 3 nitrogen and oxygen atoms in total. The molecule has 1 amide bonds. The SMILES string of the molecule is CCCCCCCCCCCC(=O)N(CCC)CCCN. The summed E-state index contributed by atoms with van der Waals surface area (Å²) in [7, 11) is 0. The molecule has 0 aromatic heterocycles. The summed E-state index contributed by atoms with van der Waals surface area (Å²) in [5.41, 5.74) is 5.53. The quantitative estimate of drug-likeness (QED) is 0.453. The van der Waals surface area contributed by atoms with Gasteiger partial charge >= 0.3 is 0 Å². The average Bonchev–Trinajstić information content (AvgIpc) is 2.49. The Kier molecular flexibility index (Phi) is 15.4. The van der Waals surface area contributed by atoms with Gasteiger partial charge < -0.3 is 10.6 Å². The van der Waals surface area contributed by atoms with Crippen LogP contribution in [0.5, 0.6) is 0 Å². The Bertz CT molecular complexity index is 231. The number of carbonyl (C=O) groups excluding carboxylic acids is 1. The fraction of sp³-hybridized carbons (Fsp3) is 0.944. The van der Waals surface area contributed by atoms with Crippen molar-refractivity contribution in [3.05, 3.63) is 0 Å². The number of rotatable bonds is 15. The number of unbranched alkanes of at least 4 members (excludes halogenated alkanes) is 8. The normalized spacial score (nSPS) is 10.8. The maximum absolute atomic E-state index is 12.1. The van der Waals surface area contributed by atoms with Gasteiger partial charge in [0, 0.05) is 19.5 Å². The summed E-state index contributed by atoms with van der Waals surface area (Å²) < 4.78 is 0. The lowest BCUT2D eigenvalue weighted by Crippen LogP contribution is -2.33. The summed E-state index contributed by atoms with van der Waals surface area (Å²) in [6, 6.07) is 0. The second kappa shape index (κ2) is 15.8. The van der Waals surface area contributed by atoms with Crippen molar-refractivity contribution in [3.63, 3.8) is 0 Å². The fourth-order valence-corrected chi connectivity index (χ4v) is 2.66. The molecule has 0 aliphatic carbocycles. The molecule has 0 radical (unpaired) electrons. The molecule has 0 heterocycles. The van der Waals surface area contributed by atoms with Crippen LogP contribution in [-0.2, 0) is 4.79 Å². The summed E-state index contributed by atoms with van der Waals surface area (Å²) in [4.78, 5) is 14.1. The monoisotopic (exact) mass is 298 g/mol. The smallest absolute Gasteiger partial charge is 0.222 e. The third kappa shape index (κ3) is 12.9. The number of carbonyl (C=O) groups is 1. The van der Waals surface area contributed by atoms with Gasteiger partial charge in [0.05, 0.1) is 0 Å². The Hall–Kier alpha value is -0.570. The molecule has 0 rings (SSSR count). The van der Waals surface area contributed by atoms with E-state index in [1.807, 2.05) is 4.90 Å². The van der Waals surface area contributed by atoms with Gasteiger partial charge in [0.15, 0.2) is 0 Å². The maximum atomic E-state index is 12.1. The Morgan fingerprint density at radius 3 is 1.86 bits per heavy atom. The van der Waals surface area contributed by atoms with Crippen molar-refractivity contribution in [2.24, 2.45) is 5.73 Å². The number of amides is 1. The molecule has 21 heavy (non-hydrogen) atoms. The van der Waals surface area contributed by atoms with E-state index in [9.17, 15) is 4.79 Å². The zero-order valence-corrected chi connectivity index (χ0v) is 14.5. The molecule has 0 unspecified atom stereocenters. The van der Waals surface area contributed by atoms with Crippen LogP contribution in [0, 0.1) is 0 Å². The lowest BCUT2D eigenvalue weighted by atomic mass is 10.1. The van der Waals surface area contributed by atoms with E-state index in [0.717, 1.165) is 38.8 Å². The van der Waals surface area contributed by atoms with Gasteiger partial charge in [-0.1, -0.05) is 65.2 Å². The van der Waals surface area contributed by atoms with Crippen molar-refractivity contribution in [3.8, 4) is 0 Å². The van der Waals surface area contributed by atoms with Crippen LogP contribution < -0.4 is 5.73 Å². The summed E-state index contributed by atoms with van der Waals surface area (Å²) in [5.74, 6) is 0.327. The van der Waals surface area contributed by atoms with Crippen molar-refractivity contribution in [1.82, 2.24) is 4.90 Å². The van der Waals surface area contributed by atoms with Crippen LogP contribution in [0.25, 0.3) is 0 Å². The van der Waals surface area contributed by atoms with Gasteiger partial charge in [-0.25, -0.2) is 0 Å². The first kappa shape index (κ1) is 20.4. The van der Waals surface area contributed by atoms with Crippen LogP contribution >= 0.6 is 0 Å². The Morgan fingerprint density at radius 2 is 1.33 bits per heavy atom. The molecule has 0 aromatic rings. The van der Waals surface area contributed by atoms with Gasteiger partial charge in [0.1, 0.15) is 0 Å². The number of nitrogens with two attached hydrogens (primary N) is 1. The van der Waals surface area contributed by atoms with Gasteiger partial charge in [-0.15, -0.1) is 0 Å². The zero-order valence-electron chi connectivity index (χ0n) is 14.5. The van der Waals surface area contributed by atoms with E-state index in [1.54, 1.807) is 0 Å². The van der Waals surface area contributed by atoms with E-state index in [2.05, 4.69) is 13.8 Å². The molecule has 0 saturated carbocycles. The minimum absolute atomic E-state index is 0.327. The lowest BCUT2D eigenvalue weighted by molar-refractivity contribution is -0.131. The van der Waals surface area contributed by atoms with Gasteiger partial charge in [-0.3, -0.25) is 4.79 Å². The number of hydrogen-bond donors (Lipinski definition) is 1. The number of hydrogen-bond acceptors (Lipinski definition) is 2. The summed E-state index contributed by atoms with van der Waals surface area (Å²) in [6.45, 7) is 6.77. The molecule has 0 aromatic carbocycles. The van der Waals surface area contributed by atoms with Crippen LogP contribution in [0.4, 0.5) is 0 Å². The predicted octanol–water partition coefficient (Wildman–Crippen LogP) is 4.49. The molecule has 0 bridgehead atoms. The van der Waals surface area contributed by atoms with Crippen molar-refractivity contribution >= 4 is 5.91 Å². The molecule has 0 spiro atoms. The van der Waals surface area contributed by atoms with Crippen LogP contribution in [0.1, 0.15) is 90.9 Å². The minimum Gasteiger partial charge on any atom is -0.343 e. The molecule has 126 valence electrons. The Labute approximate surface area is 132 Å². The van der Waals surface area contributed by atoms with Crippen LogP contribution in [0.15, 0.2) is 0 Å². The van der Waals surface area contributed by atoms with Crippen LogP contribution in [-0.4, -0.2) is 30.4 Å². The van der Waals surface area contributed by atoms with Crippen molar-refractivity contribution in [2.75, 3.05) is 19.6 Å². The summed E-state index contributed by atoms with van der Waals surface area (Å²) >= 11 is 0. The van der Waals surface area contributed by atoms with Crippen molar-refractivity contribution in [2.45, 2.75) is 90.9 Å². The van der Waals surface area contributed by atoms with E-state index >= 15 is 0 Å². The molecule has 0 aliphatic heterocycles. The largest absolute Gasteiger partial charge is 0.343 e. The molecule has 2 N–H and O–H groups in total. The molecule has 0 fully saturated rings.